The third-order valence-corrected chi connectivity index (χ3v) is 5.19. The van der Waals surface area contributed by atoms with Gasteiger partial charge in [0.1, 0.15) is 0 Å². The maximum atomic E-state index is 13.0. The van der Waals surface area contributed by atoms with Crippen molar-refractivity contribution in [2.24, 2.45) is 13.0 Å². The summed E-state index contributed by atoms with van der Waals surface area (Å²) >= 11 is 0. The maximum Gasteiger partial charge on any atom is 0.293 e. The minimum Gasteiger partial charge on any atom is -0.353 e. The number of hydrogen-bond donors (Lipinski definition) is 2. The SMILES string of the molecule is C=CCCC(C(=O)NCC(C)(NC(=O)c1nnn(C)n1)C(C)C)c1ccccc1. The molecule has 2 unspecified atom stereocenters. The van der Waals surface area contributed by atoms with E-state index in [4.69, 9.17) is 0 Å². The van der Waals surface area contributed by atoms with E-state index in [9.17, 15) is 9.59 Å². The molecule has 2 rings (SSSR count). The number of amides is 2. The predicted octanol–water partition coefficient (Wildman–Crippen LogP) is 2.22. The second kappa shape index (κ2) is 9.95. The van der Waals surface area contributed by atoms with Gasteiger partial charge in [-0.15, -0.1) is 16.8 Å². The average Bonchev–Trinajstić information content (AvgIpc) is 3.14. The molecule has 1 aromatic carbocycles. The molecule has 0 bridgehead atoms. The molecule has 2 N–H and O–H groups in total. The summed E-state index contributed by atoms with van der Waals surface area (Å²) in [7, 11) is 1.60. The Kier molecular flexibility index (Phi) is 7.64. The number of carbonyl (C=O) groups is 2. The van der Waals surface area contributed by atoms with E-state index in [1.165, 1.54) is 4.80 Å². The van der Waals surface area contributed by atoms with Gasteiger partial charge in [0.05, 0.1) is 18.5 Å². The van der Waals surface area contributed by atoms with Gasteiger partial charge >= 0.3 is 0 Å². The number of tetrazole rings is 1. The Labute approximate surface area is 171 Å². The molecule has 2 amide bonds. The van der Waals surface area contributed by atoms with Crippen molar-refractivity contribution in [1.82, 2.24) is 30.8 Å². The average molecular weight is 399 g/mol. The van der Waals surface area contributed by atoms with Crippen molar-refractivity contribution in [3.05, 3.63) is 54.4 Å². The lowest BCUT2D eigenvalue weighted by atomic mass is 9.87. The lowest BCUT2D eigenvalue weighted by molar-refractivity contribution is -0.123. The van der Waals surface area contributed by atoms with Crippen LogP contribution in [0.4, 0.5) is 0 Å². The van der Waals surface area contributed by atoms with Crippen LogP contribution in [-0.4, -0.2) is 44.1 Å². The minimum absolute atomic E-state index is 0.00107. The lowest BCUT2D eigenvalue weighted by Gasteiger charge is -2.35. The lowest BCUT2D eigenvalue weighted by Crippen LogP contribution is -2.57. The summed E-state index contributed by atoms with van der Waals surface area (Å²) < 4.78 is 0. The molecule has 0 radical (unpaired) electrons. The summed E-state index contributed by atoms with van der Waals surface area (Å²) in [5.74, 6) is -0.708. The van der Waals surface area contributed by atoms with Crippen LogP contribution in [0.15, 0.2) is 43.0 Å². The molecule has 0 saturated carbocycles. The Morgan fingerprint density at radius 2 is 1.97 bits per heavy atom. The van der Waals surface area contributed by atoms with Crippen molar-refractivity contribution >= 4 is 11.8 Å². The van der Waals surface area contributed by atoms with Crippen molar-refractivity contribution in [1.29, 1.82) is 0 Å². The number of benzene rings is 1. The van der Waals surface area contributed by atoms with Crippen molar-refractivity contribution in [2.45, 2.75) is 45.1 Å². The van der Waals surface area contributed by atoms with Crippen molar-refractivity contribution in [3.8, 4) is 0 Å². The van der Waals surface area contributed by atoms with Crippen LogP contribution in [0.3, 0.4) is 0 Å². The molecule has 0 aliphatic carbocycles. The fourth-order valence-corrected chi connectivity index (χ4v) is 2.90. The summed E-state index contributed by atoms with van der Waals surface area (Å²) in [6, 6.07) is 9.69. The molecule has 2 aromatic rings. The van der Waals surface area contributed by atoms with E-state index in [1.807, 2.05) is 57.2 Å². The van der Waals surface area contributed by atoms with E-state index in [0.717, 1.165) is 12.0 Å². The molecule has 2 atom stereocenters. The summed E-state index contributed by atoms with van der Waals surface area (Å²) in [5, 5.41) is 17.4. The van der Waals surface area contributed by atoms with E-state index < -0.39 is 11.4 Å². The van der Waals surface area contributed by atoms with Crippen molar-refractivity contribution < 1.29 is 9.59 Å². The van der Waals surface area contributed by atoms with E-state index in [2.05, 4.69) is 32.6 Å². The van der Waals surface area contributed by atoms with Crippen molar-refractivity contribution in [2.75, 3.05) is 6.54 Å². The number of hydrogen-bond acceptors (Lipinski definition) is 5. The van der Waals surface area contributed by atoms with Crippen LogP contribution in [0, 0.1) is 5.92 Å². The molecular formula is C21H30N6O2. The highest BCUT2D eigenvalue weighted by Gasteiger charge is 2.33. The predicted molar refractivity (Wildman–Crippen MR) is 111 cm³/mol. The number of rotatable bonds is 10. The Bertz CT molecular complexity index is 833. The smallest absolute Gasteiger partial charge is 0.293 e. The highest BCUT2D eigenvalue weighted by atomic mass is 16.2. The monoisotopic (exact) mass is 398 g/mol. The molecule has 1 aromatic heterocycles. The molecule has 156 valence electrons. The Morgan fingerprint density at radius 3 is 2.52 bits per heavy atom. The third-order valence-electron chi connectivity index (χ3n) is 5.19. The Balaban J connectivity index is 2.09. The molecule has 0 aliphatic rings. The summed E-state index contributed by atoms with van der Waals surface area (Å²) in [6.45, 7) is 9.92. The van der Waals surface area contributed by atoms with Gasteiger partial charge in [0.15, 0.2) is 0 Å². The minimum atomic E-state index is -0.675. The van der Waals surface area contributed by atoms with Gasteiger partial charge in [-0.25, -0.2) is 0 Å². The van der Waals surface area contributed by atoms with Gasteiger partial charge in [-0.3, -0.25) is 9.59 Å². The Morgan fingerprint density at radius 1 is 1.28 bits per heavy atom. The molecular weight excluding hydrogens is 368 g/mol. The molecule has 8 heteroatoms. The molecule has 0 fully saturated rings. The third kappa shape index (κ3) is 5.97. The van der Waals surface area contributed by atoms with Crippen LogP contribution in [0.25, 0.3) is 0 Å². The van der Waals surface area contributed by atoms with Crippen molar-refractivity contribution in [3.63, 3.8) is 0 Å². The van der Waals surface area contributed by atoms with Gasteiger partial charge < -0.3 is 10.6 Å². The zero-order valence-electron chi connectivity index (χ0n) is 17.6. The van der Waals surface area contributed by atoms with E-state index in [1.54, 1.807) is 7.05 Å². The number of aryl methyl sites for hydroxylation is 1. The number of allylic oxidation sites excluding steroid dienone is 1. The number of nitrogens with one attached hydrogen (secondary N) is 2. The number of aromatic nitrogens is 4. The van der Waals surface area contributed by atoms with Gasteiger partial charge in [-0.05, 0) is 36.5 Å². The van der Waals surface area contributed by atoms with E-state index in [-0.39, 0.29) is 30.1 Å². The first-order chi connectivity index (χ1) is 13.8. The second-order valence-electron chi connectivity index (χ2n) is 7.68. The van der Waals surface area contributed by atoms with Crippen LogP contribution in [0.2, 0.25) is 0 Å². The van der Waals surface area contributed by atoms with E-state index in [0.29, 0.717) is 6.42 Å². The Hall–Kier alpha value is -3.03. The molecule has 0 saturated heterocycles. The van der Waals surface area contributed by atoms with Gasteiger partial charge in [0, 0.05) is 6.54 Å². The van der Waals surface area contributed by atoms with Crippen LogP contribution < -0.4 is 10.6 Å². The highest BCUT2D eigenvalue weighted by molar-refractivity contribution is 5.90. The van der Waals surface area contributed by atoms with Crippen LogP contribution in [0.1, 0.15) is 55.7 Å². The first kappa shape index (κ1) is 22.3. The summed E-state index contributed by atoms with van der Waals surface area (Å²) in [5.41, 5.74) is 0.289. The zero-order valence-corrected chi connectivity index (χ0v) is 17.6. The van der Waals surface area contributed by atoms with Crippen LogP contribution in [-0.2, 0) is 11.8 Å². The molecule has 29 heavy (non-hydrogen) atoms. The maximum absolute atomic E-state index is 13.0. The summed E-state index contributed by atoms with van der Waals surface area (Å²) in [4.78, 5) is 26.7. The first-order valence-corrected chi connectivity index (χ1v) is 9.77. The van der Waals surface area contributed by atoms with Gasteiger partial charge in [0.2, 0.25) is 5.91 Å². The quantitative estimate of drug-likeness (QED) is 0.598. The standard InChI is InChI=1S/C21H30N6O2/c1-6-7-13-17(16-11-9-8-10-12-16)19(28)22-14-21(4,15(2)3)23-20(29)18-24-26-27(5)25-18/h6,8-12,15,17H,1,7,13-14H2,2-5H3,(H,22,28)(H,23,29). The van der Waals surface area contributed by atoms with E-state index >= 15 is 0 Å². The van der Waals surface area contributed by atoms with Gasteiger partial charge in [0.25, 0.3) is 11.7 Å². The van der Waals surface area contributed by atoms with Gasteiger partial charge in [-0.2, -0.15) is 4.80 Å². The fraction of sp³-hybridized carbons (Fsp3) is 0.476. The number of carbonyl (C=O) groups excluding carboxylic acids is 2. The van der Waals surface area contributed by atoms with Gasteiger partial charge in [-0.1, -0.05) is 50.3 Å². The fourth-order valence-electron chi connectivity index (χ4n) is 2.90. The highest BCUT2D eigenvalue weighted by Crippen LogP contribution is 2.23. The molecule has 0 aliphatic heterocycles. The molecule has 8 nitrogen and oxygen atoms in total. The van der Waals surface area contributed by atoms with Crippen LogP contribution in [0.5, 0.6) is 0 Å². The normalized spacial score (nSPS) is 14.1. The number of nitrogens with zero attached hydrogens (tertiary/aromatic N) is 4. The van der Waals surface area contributed by atoms with Crippen LogP contribution >= 0.6 is 0 Å². The molecule has 0 spiro atoms. The zero-order chi connectivity index (χ0) is 21.4. The first-order valence-electron chi connectivity index (χ1n) is 9.77. The summed E-state index contributed by atoms with van der Waals surface area (Å²) in [6.07, 6.45) is 3.23. The topological polar surface area (TPSA) is 102 Å². The largest absolute Gasteiger partial charge is 0.353 e. The molecule has 1 heterocycles. The second-order valence-corrected chi connectivity index (χ2v) is 7.68.